The zero-order valence-corrected chi connectivity index (χ0v) is 35.7. The third-order valence-corrected chi connectivity index (χ3v) is 10.6. The molecule has 10 heteroatoms. The minimum absolute atomic E-state index is 0.0259. The average molecular weight is 762 g/mol. The van der Waals surface area contributed by atoms with Crippen LogP contribution < -0.4 is 4.89 Å². The molecule has 0 aromatic heterocycles. The van der Waals surface area contributed by atoms with Crippen molar-refractivity contribution in [3.8, 4) is 0 Å². The molecule has 0 spiro atoms. The number of likely N-dealkylation sites (N-methyl/N-ethyl adjacent to an activating group) is 1. The van der Waals surface area contributed by atoms with Gasteiger partial charge in [0, 0.05) is 12.8 Å². The van der Waals surface area contributed by atoms with Crippen molar-refractivity contribution in [3.63, 3.8) is 0 Å². The normalized spacial score (nSPS) is 13.6. The standard InChI is InChI=1S/C42H84NO8P/c1-6-8-10-12-14-16-17-18-19-20-21-22-23-24-25-27-29-31-33-35-42(45)51-40(39-50-52(46,47)49-37-36-43(3,4)5)38-48-41(44)34-32-30-28-26-15-13-11-9-7-2/h40H,6-39H2,1-5H3. The number of carbonyl (C=O) groups is 2. The van der Waals surface area contributed by atoms with Crippen LogP contribution in [-0.2, 0) is 32.7 Å². The SMILES string of the molecule is CCCCCCCCCCCCCCCCCCCCCC(=O)OC(COC(=O)CCCCCCCCCCC)COP(=O)([O-])OCC[N+](C)(C)C. The van der Waals surface area contributed by atoms with Gasteiger partial charge in [0.1, 0.15) is 19.8 Å². The van der Waals surface area contributed by atoms with Crippen molar-refractivity contribution < 1.29 is 42.1 Å². The van der Waals surface area contributed by atoms with Crippen LogP contribution in [0.4, 0.5) is 0 Å². The number of ether oxygens (including phenoxy) is 2. The topological polar surface area (TPSA) is 111 Å². The van der Waals surface area contributed by atoms with Crippen molar-refractivity contribution in [1.82, 2.24) is 0 Å². The second kappa shape index (κ2) is 35.7. The largest absolute Gasteiger partial charge is 0.756 e. The van der Waals surface area contributed by atoms with Gasteiger partial charge in [0.2, 0.25) is 0 Å². The fourth-order valence-electron chi connectivity index (χ4n) is 6.18. The molecular weight excluding hydrogens is 677 g/mol. The highest BCUT2D eigenvalue weighted by atomic mass is 31.2. The second-order valence-corrected chi connectivity index (χ2v) is 17.5. The highest BCUT2D eigenvalue weighted by Crippen LogP contribution is 2.38. The maximum Gasteiger partial charge on any atom is 0.306 e. The van der Waals surface area contributed by atoms with Crippen LogP contribution >= 0.6 is 7.82 Å². The van der Waals surface area contributed by atoms with Gasteiger partial charge in [-0.3, -0.25) is 14.2 Å². The molecule has 0 amide bonds. The fourth-order valence-corrected chi connectivity index (χ4v) is 6.91. The van der Waals surface area contributed by atoms with Gasteiger partial charge in [-0.2, -0.15) is 0 Å². The Morgan fingerprint density at radius 2 is 0.865 bits per heavy atom. The molecule has 0 aliphatic rings. The number of unbranched alkanes of at least 4 members (excludes halogenated alkanes) is 26. The highest BCUT2D eigenvalue weighted by molar-refractivity contribution is 7.45. The first-order valence-electron chi connectivity index (χ1n) is 21.7. The lowest BCUT2D eigenvalue weighted by Crippen LogP contribution is -2.37. The number of hydrogen-bond acceptors (Lipinski definition) is 8. The van der Waals surface area contributed by atoms with Crippen LogP contribution in [0.1, 0.15) is 206 Å². The molecule has 0 aromatic rings. The molecule has 0 bridgehead atoms. The zero-order chi connectivity index (χ0) is 38.6. The average Bonchev–Trinajstić information content (AvgIpc) is 3.09. The van der Waals surface area contributed by atoms with Crippen molar-refractivity contribution in [2.24, 2.45) is 0 Å². The lowest BCUT2D eigenvalue weighted by Gasteiger charge is -2.28. The molecule has 2 atom stereocenters. The molecule has 9 nitrogen and oxygen atoms in total. The molecule has 0 aliphatic heterocycles. The Hall–Kier alpha value is -0.990. The molecule has 52 heavy (non-hydrogen) atoms. The van der Waals surface area contributed by atoms with Gasteiger partial charge in [-0.1, -0.05) is 181 Å². The predicted molar refractivity (Wildman–Crippen MR) is 213 cm³/mol. The van der Waals surface area contributed by atoms with E-state index in [2.05, 4.69) is 13.8 Å². The zero-order valence-electron chi connectivity index (χ0n) is 34.8. The van der Waals surface area contributed by atoms with Crippen LogP contribution in [0.5, 0.6) is 0 Å². The number of phosphoric ester groups is 1. The summed E-state index contributed by atoms with van der Waals surface area (Å²) in [6.45, 7) is 4.23. The number of rotatable bonds is 40. The van der Waals surface area contributed by atoms with Gasteiger partial charge in [0.05, 0.1) is 27.7 Å². The summed E-state index contributed by atoms with van der Waals surface area (Å²) < 4.78 is 33.8. The maximum atomic E-state index is 12.6. The van der Waals surface area contributed by atoms with Crippen LogP contribution in [-0.4, -0.2) is 70.0 Å². The molecule has 0 saturated carbocycles. The Balaban J connectivity index is 4.24. The second-order valence-electron chi connectivity index (χ2n) is 16.1. The van der Waals surface area contributed by atoms with Gasteiger partial charge in [-0.05, 0) is 12.8 Å². The van der Waals surface area contributed by atoms with E-state index in [0.29, 0.717) is 17.4 Å². The van der Waals surface area contributed by atoms with Gasteiger partial charge in [-0.25, -0.2) is 0 Å². The molecule has 0 aliphatic carbocycles. The number of phosphoric acid groups is 1. The van der Waals surface area contributed by atoms with Gasteiger partial charge in [0.25, 0.3) is 7.82 Å². The smallest absolute Gasteiger partial charge is 0.306 e. The maximum absolute atomic E-state index is 12.6. The van der Waals surface area contributed by atoms with E-state index < -0.39 is 26.5 Å². The van der Waals surface area contributed by atoms with Crippen LogP contribution in [0.2, 0.25) is 0 Å². The minimum Gasteiger partial charge on any atom is -0.756 e. The Labute approximate surface area is 321 Å². The lowest BCUT2D eigenvalue weighted by atomic mass is 10.0. The summed E-state index contributed by atoms with van der Waals surface area (Å²) in [5.74, 6) is -0.824. The number of carbonyl (C=O) groups excluding carboxylic acids is 2. The van der Waals surface area contributed by atoms with E-state index >= 15 is 0 Å². The fraction of sp³-hybridized carbons (Fsp3) is 0.952. The first-order chi connectivity index (χ1) is 25.0. The number of esters is 2. The van der Waals surface area contributed by atoms with Crippen molar-refractivity contribution in [2.45, 2.75) is 213 Å². The molecule has 0 radical (unpaired) electrons. The number of hydrogen-bond donors (Lipinski definition) is 0. The van der Waals surface area contributed by atoms with Crippen LogP contribution in [0.15, 0.2) is 0 Å². The number of nitrogens with zero attached hydrogens (tertiary/aromatic N) is 1. The summed E-state index contributed by atoms with van der Waals surface area (Å²) in [4.78, 5) is 37.4. The van der Waals surface area contributed by atoms with E-state index in [1.165, 1.54) is 141 Å². The van der Waals surface area contributed by atoms with Crippen molar-refractivity contribution in [1.29, 1.82) is 0 Å². The predicted octanol–water partition coefficient (Wildman–Crippen LogP) is 11.4. The number of quaternary nitrogens is 1. The first-order valence-corrected chi connectivity index (χ1v) is 23.2. The van der Waals surface area contributed by atoms with E-state index in [-0.39, 0.29) is 32.0 Å². The molecule has 0 aromatic carbocycles. The van der Waals surface area contributed by atoms with E-state index in [0.717, 1.165) is 32.1 Å². The van der Waals surface area contributed by atoms with Crippen molar-refractivity contribution in [2.75, 3.05) is 47.5 Å². The Kier molecular flexibility index (Phi) is 35.0. The quantitative estimate of drug-likeness (QED) is 0.0263. The van der Waals surface area contributed by atoms with Gasteiger partial charge >= 0.3 is 11.9 Å². The molecule has 2 unspecified atom stereocenters. The highest BCUT2D eigenvalue weighted by Gasteiger charge is 2.21. The van der Waals surface area contributed by atoms with E-state index in [4.69, 9.17) is 18.5 Å². The molecule has 0 heterocycles. The summed E-state index contributed by atoms with van der Waals surface area (Å²) in [7, 11) is 1.18. The van der Waals surface area contributed by atoms with Crippen molar-refractivity contribution >= 4 is 19.8 Å². The van der Waals surface area contributed by atoms with Gasteiger partial charge in [0.15, 0.2) is 6.10 Å². The summed E-state index contributed by atoms with van der Waals surface area (Å²) in [5.41, 5.74) is 0. The van der Waals surface area contributed by atoms with E-state index in [9.17, 15) is 19.0 Å². The molecule has 0 rings (SSSR count). The summed E-state index contributed by atoms with van der Waals surface area (Å²) >= 11 is 0. The molecular formula is C42H84NO8P. The molecule has 310 valence electrons. The van der Waals surface area contributed by atoms with Crippen LogP contribution in [0.3, 0.4) is 0 Å². The van der Waals surface area contributed by atoms with Crippen LogP contribution in [0.25, 0.3) is 0 Å². The third kappa shape index (κ3) is 38.7. The summed E-state index contributed by atoms with van der Waals surface area (Å²) in [6, 6.07) is 0. The Morgan fingerprint density at radius 1 is 0.519 bits per heavy atom. The first kappa shape index (κ1) is 51.0. The Bertz CT molecular complexity index is 865. The lowest BCUT2D eigenvalue weighted by molar-refractivity contribution is -0.870. The van der Waals surface area contributed by atoms with E-state index in [1.807, 2.05) is 21.1 Å². The summed E-state index contributed by atoms with van der Waals surface area (Å²) in [5, 5.41) is 0. The van der Waals surface area contributed by atoms with Crippen LogP contribution in [0, 0.1) is 0 Å². The third-order valence-electron chi connectivity index (χ3n) is 9.63. The molecule has 0 fully saturated rings. The summed E-state index contributed by atoms with van der Waals surface area (Å²) in [6.07, 6.45) is 34.2. The van der Waals surface area contributed by atoms with Gasteiger partial charge < -0.3 is 27.9 Å². The van der Waals surface area contributed by atoms with Crippen molar-refractivity contribution in [3.05, 3.63) is 0 Å². The van der Waals surface area contributed by atoms with Gasteiger partial charge in [-0.15, -0.1) is 0 Å². The van der Waals surface area contributed by atoms with E-state index in [1.54, 1.807) is 0 Å². The molecule has 0 saturated heterocycles. The monoisotopic (exact) mass is 762 g/mol. The Morgan fingerprint density at radius 3 is 1.23 bits per heavy atom. The minimum atomic E-state index is -4.61. The molecule has 0 N–H and O–H groups in total.